The molecule has 0 aromatic heterocycles. The van der Waals surface area contributed by atoms with Crippen LogP contribution in [0.1, 0.15) is 11.1 Å². The van der Waals surface area contributed by atoms with E-state index in [9.17, 15) is 10.2 Å². The standard InChI is InChI=1S/C18H23NO3/c20-14-18(22)17(21)13-19(11-15-7-3-1-4-8-15)12-16-9-5-2-6-10-16/h1-10,17-18,20-22H,11-14H2. The molecular formula is C18H23NO3. The van der Waals surface area contributed by atoms with Crippen molar-refractivity contribution in [2.75, 3.05) is 13.2 Å². The molecule has 2 atom stereocenters. The number of aliphatic hydroxyl groups is 3. The van der Waals surface area contributed by atoms with Crippen LogP contribution >= 0.6 is 0 Å². The van der Waals surface area contributed by atoms with E-state index in [0.29, 0.717) is 19.6 Å². The Morgan fingerprint density at radius 2 is 1.18 bits per heavy atom. The summed E-state index contributed by atoms with van der Waals surface area (Å²) >= 11 is 0. The molecule has 0 saturated heterocycles. The predicted octanol–water partition coefficient (Wildman–Crippen LogP) is 1.40. The van der Waals surface area contributed by atoms with Gasteiger partial charge < -0.3 is 15.3 Å². The second-order valence-electron chi connectivity index (χ2n) is 5.46. The van der Waals surface area contributed by atoms with Crippen LogP contribution in [-0.4, -0.2) is 45.6 Å². The van der Waals surface area contributed by atoms with E-state index in [0.717, 1.165) is 11.1 Å². The minimum Gasteiger partial charge on any atom is -0.394 e. The summed E-state index contributed by atoms with van der Waals surface area (Å²) < 4.78 is 0. The molecule has 2 rings (SSSR count). The zero-order valence-corrected chi connectivity index (χ0v) is 12.5. The fourth-order valence-corrected chi connectivity index (χ4v) is 2.38. The molecule has 2 unspecified atom stereocenters. The Bertz CT molecular complexity index is 491. The molecule has 4 heteroatoms. The maximum Gasteiger partial charge on any atom is 0.104 e. The minimum atomic E-state index is -1.12. The number of rotatable bonds is 8. The normalized spacial score (nSPS) is 14.0. The van der Waals surface area contributed by atoms with Crippen molar-refractivity contribution in [3.8, 4) is 0 Å². The van der Waals surface area contributed by atoms with E-state index in [-0.39, 0.29) is 0 Å². The zero-order chi connectivity index (χ0) is 15.8. The SMILES string of the molecule is OCC(O)C(O)CN(Cc1ccccc1)Cc1ccccc1. The first-order valence-corrected chi connectivity index (χ1v) is 7.46. The largest absolute Gasteiger partial charge is 0.394 e. The van der Waals surface area contributed by atoms with Gasteiger partial charge in [-0.25, -0.2) is 0 Å². The van der Waals surface area contributed by atoms with Crippen molar-refractivity contribution in [1.82, 2.24) is 4.90 Å². The van der Waals surface area contributed by atoms with Crippen LogP contribution in [-0.2, 0) is 13.1 Å². The molecule has 2 aromatic rings. The number of benzene rings is 2. The third-order valence-electron chi connectivity index (χ3n) is 3.57. The second kappa shape index (κ2) is 8.66. The molecule has 0 spiro atoms. The van der Waals surface area contributed by atoms with Gasteiger partial charge in [0.2, 0.25) is 0 Å². The van der Waals surface area contributed by atoms with Crippen LogP contribution in [0.15, 0.2) is 60.7 Å². The lowest BCUT2D eigenvalue weighted by molar-refractivity contribution is -0.0317. The molecule has 0 heterocycles. The highest BCUT2D eigenvalue weighted by molar-refractivity contribution is 5.17. The highest BCUT2D eigenvalue weighted by atomic mass is 16.4. The Kier molecular flexibility index (Phi) is 6.55. The summed E-state index contributed by atoms with van der Waals surface area (Å²) in [5, 5.41) is 28.5. The van der Waals surface area contributed by atoms with Gasteiger partial charge in [-0.15, -0.1) is 0 Å². The van der Waals surface area contributed by atoms with Crippen LogP contribution < -0.4 is 0 Å². The van der Waals surface area contributed by atoms with Crippen LogP contribution in [0, 0.1) is 0 Å². The first-order chi connectivity index (χ1) is 10.7. The van der Waals surface area contributed by atoms with Gasteiger partial charge in [-0.05, 0) is 11.1 Å². The van der Waals surface area contributed by atoms with Gasteiger partial charge in [0.05, 0.1) is 12.7 Å². The highest BCUT2D eigenvalue weighted by Gasteiger charge is 2.19. The molecule has 0 aliphatic rings. The molecule has 0 saturated carbocycles. The maximum atomic E-state index is 9.99. The molecular weight excluding hydrogens is 278 g/mol. The summed E-state index contributed by atoms with van der Waals surface area (Å²) in [6, 6.07) is 20.0. The van der Waals surface area contributed by atoms with Crippen molar-refractivity contribution < 1.29 is 15.3 Å². The van der Waals surface area contributed by atoms with Gasteiger partial charge in [0.1, 0.15) is 6.10 Å². The van der Waals surface area contributed by atoms with E-state index in [4.69, 9.17) is 5.11 Å². The van der Waals surface area contributed by atoms with E-state index in [1.165, 1.54) is 0 Å². The van der Waals surface area contributed by atoms with Crippen LogP contribution in [0.25, 0.3) is 0 Å². The number of hydrogen-bond acceptors (Lipinski definition) is 4. The molecule has 0 fully saturated rings. The monoisotopic (exact) mass is 301 g/mol. The Morgan fingerprint density at radius 1 is 0.727 bits per heavy atom. The molecule has 0 amide bonds. The van der Waals surface area contributed by atoms with Crippen LogP contribution in [0.3, 0.4) is 0 Å². The van der Waals surface area contributed by atoms with Gasteiger partial charge in [-0.3, -0.25) is 4.90 Å². The lowest BCUT2D eigenvalue weighted by Gasteiger charge is -2.27. The second-order valence-corrected chi connectivity index (χ2v) is 5.46. The Hall–Kier alpha value is -1.72. The third kappa shape index (κ3) is 5.24. The van der Waals surface area contributed by atoms with E-state index in [1.54, 1.807) is 0 Å². The Balaban J connectivity index is 2.06. The number of nitrogens with zero attached hydrogens (tertiary/aromatic N) is 1. The zero-order valence-electron chi connectivity index (χ0n) is 12.5. The summed E-state index contributed by atoms with van der Waals surface area (Å²) in [7, 11) is 0. The predicted molar refractivity (Wildman–Crippen MR) is 86.1 cm³/mol. The summed E-state index contributed by atoms with van der Waals surface area (Å²) in [4.78, 5) is 2.06. The van der Waals surface area contributed by atoms with Crippen LogP contribution in [0.4, 0.5) is 0 Å². The van der Waals surface area contributed by atoms with Crippen molar-refractivity contribution in [2.45, 2.75) is 25.3 Å². The molecule has 2 aromatic carbocycles. The molecule has 0 aliphatic heterocycles. The lowest BCUT2D eigenvalue weighted by atomic mass is 10.1. The highest BCUT2D eigenvalue weighted by Crippen LogP contribution is 2.11. The van der Waals surface area contributed by atoms with E-state index >= 15 is 0 Å². The fourth-order valence-electron chi connectivity index (χ4n) is 2.38. The van der Waals surface area contributed by atoms with Gasteiger partial charge in [0.25, 0.3) is 0 Å². The van der Waals surface area contributed by atoms with E-state index in [1.807, 2.05) is 60.7 Å². The van der Waals surface area contributed by atoms with Crippen LogP contribution in [0.2, 0.25) is 0 Å². The van der Waals surface area contributed by atoms with Crippen LogP contribution in [0.5, 0.6) is 0 Å². The Labute approximate surface area is 131 Å². The molecule has 0 aliphatic carbocycles. The van der Waals surface area contributed by atoms with Gasteiger partial charge in [0, 0.05) is 19.6 Å². The van der Waals surface area contributed by atoms with Gasteiger partial charge in [0.15, 0.2) is 0 Å². The van der Waals surface area contributed by atoms with Crippen molar-refractivity contribution in [1.29, 1.82) is 0 Å². The summed E-state index contributed by atoms with van der Waals surface area (Å²) in [5.41, 5.74) is 2.29. The summed E-state index contributed by atoms with van der Waals surface area (Å²) in [5.74, 6) is 0. The third-order valence-corrected chi connectivity index (χ3v) is 3.57. The number of aliphatic hydroxyl groups excluding tert-OH is 3. The van der Waals surface area contributed by atoms with Gasteiger partial charge >= 0.3 is 0 Å². The molecule has 0 radical (unpaired) electrons. The minimum absolute atomic E-state index is 0.297. The van der Waals surface area contributed by atoms with Crippen molar-refractivity contribution in [3.63, 3.8) is 0 Å². The lowest BCUT2D eigenvalue weighted by Crippen LogP contribution is -2.40. The molecule has 4 nitrogen and oxygen atoms in total. The van der Waals surface area contributed by atoms with Crippen molar-refractivity contribution >= 4 is 0 Å². The Morgan fingerprint density at radius 3 is 1.59 bits per heavy atom. The molecule has 0 bridgehead atoms. The van der Waals surface area contributed by atoms with Crippen molar-refractivity contribution in [2.24, 2.45) is 0 Å². The maximum absolute atomic E-state index is 9.99. The van der Waals surface area contributed by atoms with Gasteiger partial charge in [-0.1, -0.05) is 60.7 Å². The average Bonchev–Trinajstić information content (AvgIpc) is 2.55. The number of hydrogen-bond donors (Lipinski definition) is 3. The smallest absolute Gasteiger partial charge is 0.104 e. The molecule has 22 heavy (non-hydrogen) atoms. The average molecular weight is 301 g/mol. The first kappa shape index (κ1) is 16.6. The first-order valence-electron chi connectivity index (χ1n) is 7.46. The summed E-state index contributed by atoms with van der Waals surface area (Å²) in [6.07, 6.45) is -2.09. The van der Waals surface area contributed by atoms with Gasteiger partial charge in [-0.2, -0.15) is 0 Å². The van der Waals surface area contributed by atoms with Crippen molar-refractivity contribution in [3.05, 3.63) is 71.8 Å². The summed E-state index contributed by atoms with van der Waals surface area (Å²) in [6.45, 7) is 1.20. The quantitative estimate of drug-likeness (QED) is 0.690. The molecule has 118 valence electrons. The van der Waals surface area contributed by atoms with E-state index in [2.05, 4.69) is 4.90 Å². The fraction of sp³-hybridized carbons (Fsp3) is 0.333. The topological polar surface area (TPSA) is 63.9 Å². The van der Waals surface area contributed by atoms with E-state index < -0.39 is 18.8 Å². The molecule has 3 N–H and O–H groups in total.